The molecule has 37 heavy (non-hydrogen) atoms. The Labute approximate surface area is 214 Å². The summed E-state index contributed by atoms with van der Waals surface area (Å²) in [5.74, 6) is -1.62. The molecule has 0 aliphatic carbocycles. The first-order valence-corrected chi connectivity index (χ1v) is 12.3. The lowest BCUT2D eigenvalue weighted by Crippen LogP contribution is -2.29. The van der Waals surface area contributed by atoms with Crippen LogP contribution < -0.4 is 9.64 Å². The van der Waals surface area contributed by atoms with Crippen molar-refractivity contribution in [1.82, 2.24) is 0 Å². The Balaban J connectivity index is 1.68. The number of aliphatic hydroxyl groups is 1. The van der Waals surface area contributed by atoms with Crippen molar-refractivity contribution in [2.75, 3.05) is 18.6 Å². The molecule has 2 aliphatic heterocycles. The highest BCUT2D eigenvalue weighted by molar-refractivity contribution is 6.51. The molecule has 0 radical (unpaired) electrons. The van der Waals surface area contributed by atoms with Gasteiger partial charge in [0.1, 0.15) is 11.5 Å². The number of benzene rings is 3. The molecule has 0 aromatic heterocycles. The van der Waals surface area contributed by atoms with Crippen molar-refractivity contribution in [3.63, 3.8) is 0 Å². The number of anilines is 1. The minimum atomic E-state index is -0.883. The quantitative estimate of drug-likeness (QED) is 0.231. The minimum absolute atomic E-state index is 0.00519. The number of ether oxygens (including phenoxy) is 2. The topological polar surface area (TPSA) is 93.1 Å². The first kappa shape index (κ1) is 24.3. The van der Waals surface area contributed by atoms with Crippen LogP contribution in [-0.2, 0) is 27.2 Å². The Bertz CT molecular complexity index is 1420. The second kappa shape index (κ2) is 9.93. The van der Waals surface area contributed by atoms with E-state index in [1.165, 1.54) is 18.1 Å². The van der Waals surface area contributed by atoms with Gasteiger partial charge < -0.3 is 14.6 Å². The van der Waals surface area contributed by atoms with E-state index in [1.807, 2.05) is 37.3 Å². The largest absolute Gasteiger partial charge is 0.507 e. The summed E-state index contributed by atoms with van der Waals surface area (Å²) in [6, 6.07) is 18.4. The standard InChI is InChI=1S/C30H27NO6/c1-3-18-9-11-19(12-10-18)26-25(27(32)21-13-14-24-20(16-21)7-5-15-37-24)28(33)29(34)31(26)23-8-4-6-22(17-23)30(35)36-2/h4,6,8-14,16-17,26,32H,3,5,7,15H2,1-2H3/b27-25-. The third-order valence-electron chi connectivity index (χ3n) is 6.88. The van der Waals surface area contributed by atoms with Gasteiger partial charge in [-0.05, 0) is 72.4 Å². The van der Waals surface area contributed by atoms with E-state index >= 15 is 0 Å². The molecule has 1 unspecified atom stereocenters. The van der Waals surface area contributed by atoms with Crippen molar-refractivity contribution >= 4 is 29.1 Å². The Kier molecular flexibility index (Phi) is 6.53. The van der Waals surface area contributed by atoms with Crippen molar-refractivity contribution in [1.29, 1.82) is 0 Å². The van der Waals surface area contributed by atoms with Crippen LogP contribution >= 0.6 is 0 Å². The van der Waals surface area contributed by atoms with Gasteiger partial charge in [-0.2, -0.15) is 0 Å². The first-order chi connectivity index (χ1) is 17.9. The summed E-state index contributed by atoms with van der Waals surface area (Å²) < 4.78 is 10.5. The number of rotatable bonds is 5. The SMILES string of the molecule is CCc1ccc(C2/C(=C(/O)c3ccc4c(c3)CCCO4)C(=O)C(=O)N2c2cccc(C(=O)OC)c2)cc1. The van der Waals surface area contributed by atoms with Gasteiger partial charge in [-0.3, -0.25) is 14.5 Å². The number of fused-ring (bicyclic) bond motifs is 1. The fourth-order valence-electron chi connectivity index (χ4n) is 4.91. The molecule has 188 valence electrons. The fraction of sp³-hybridized carbons (Fsp3) is 0.233. The molecule has 1 fully saturated rings. The highest BCUT2D eigenvalue weighted by atomic mass is 16.5. The molecule has 5 rings (SSSR count). The molecule has 1 atom stereocenters. The van der Waals surface area contributed by atoms with Crippen LogP contribution in [0.2, 0.25) is 0 Å². The number of esters is 1. The van der Waals surface area contributed by atoms with E-state index in [0.29, 0.717) is 23.4 Å². The van der Waals surface area contributed by atoms with Crippen molar-refractivity contribution in [2.45, 2.75) is 32.2 Å². The maximum Gasteiger partial charge on any atom is 0.337 e. The van der Waals surface area contributed by atoms with Crippen LogP contribution in [0.3, 0.4) is 0 Å². The monoisotopic (exact) mass is 497 g/mol. The van der Waals surface area contributed by atoms with Crippen molar-refractivity contribution < 1.29 is 29.0 Å². The third kappa shape index (κ3) is 4.37. The van der Waals surface area contributed by atoms with Gasteiger partial charge in [0.2, 0.25) is 0 Å². The van der Waals surface area contributed by atoms with Gasteiger partial charge in [0.15, 0.2) is 0 Å². The number of hydrogen-bond acceptors (Lipinski definition) is 6. The lowest BCUT2D eigenvalue weighted by molar-refractivity contribution is -0.132. The minimum Gasteiger partial charge on any atom is -0.507 e. The van der Waals surface area contributed by atoms with Gasteiger partial charge >= 0.3 is 5.97 Å². The van der Waals surface area contributed by atoms with Crippen LogP contribution in [0, 0.1) is 0 Å². The molecule has 2 heterocycles. The second-order valence-electron chi connectivity index (χ2n) is 9.08. The fourth-order valence-corrected chi connectivity index (χ4v) is 4.91. The Morgan fingerprint density at radius 1 is 1.05 bits per heavy atom. The highest BCUT2D eigenvalue weighted by Crippen LogP contribution is 2.43. The maximum atomic E-state index is 13.4. The zero-order chi connectivity index (χ0) is 26.1. The van der Waals surface area contributed by atoms with E-state index in [2.05, 4.69) is 0 Å². The summed E-state index contributed by atoms with van der Waals surface area (Å²) >= 11 is 0. The Morgan fingerprint density at radius 2 is 1.84 bits per heavy atom. The van der Waals surface area contributed by atoms with E-state index in [1.54, 1.807) is 30.3 Å². The van der Waals surface area contributed by atoms with E-state index in [9.17, 15) is 19.5 Å². The summed E-state index contributed by atoms with van der Waals surface area (Å²) in [5.41, 5.74) is 3.75. The zero-order valence-electron chi connectivity index (χ0n) is 20.7. The molecule has 1 saturated heterocycles. The summed E-state index contributed by atoms with van der Waals surface area (Å²) in [6.45, 7) is 2.68. The molecule has 7 heteroatoms. The number of amides is 1. The third-order valence-corrected chi connectivity index (χ3v) is 6.88. The average Bonchev–Trinajstić information content (AvgIpc) is 3.21. The van der Waals surface area contributed by atoms with Crippen molar-refractivity contribution in [3.05, 3.63) is 100 Å². The molecule has 1 N–H and O–H groups in total. The van der Waals surface area contributed by atoms with E-state index < -0.39 is 23.7 Å². The second-order valence-corrected chi connectivity index (χ2v) is 9.08. The van der Waals surface area contributed by atoms with Crippen LogP contribution in [0.4, 0.5) is 5.69 Å². The van der Waals surface area contributed by atoms with E-state index in [-0.39, 0.29) is 16.9 Å². The number of carbonyl (C=O) groups is 3. The van der Waals surface area contributed by atoms with E-state index in [4.69, 9.17) is 9.47 Å². The Hall–Kier alpha value is -4.39. The summed E-state index contributed by atoms with van der Waals surface area (Å²) in [6.07, 6.45) is 2.49. The molecule has 0 spiro atoms. The van der Waals surface area contributed by atoms with Gasteiger partial charge in [-0.1, -0.05) is 37.3 Å². The highest BCUT2D eigenvalue weighted by Gasteiger charge is 2.47. The smallest absolute Gasteiger partial charge is 0.337 e. The van der Waals surface area contributed by atoms with Crippen LogP contribution in [0.1, 0.15) is 52.0 Å². The normalized spacial score (nSPS) is 18.3. The Morgan fingerprint density at radius 3 is 2.57 bits per heavy atom. The molecule has 2 aliphatic rings. The van der Waals surface area contributed by atoms with Crippen LogP contribution in [0.15, 0.2) is 72.3 Å². The van der Waals surface area contributed by atoms with Gasteiger partial charge in [-0.25, -0.2) is 4.79 Å². The average molecular weight is 498 g/mol. The van der Waals surface area contributed by atoms with Crippen LogP contribution in [0.5, 0.6) is 5.75 Å². The molecular weight excluding hydrogens is 470 g/mol. The summed E-state index contributed by atoms with van der Waals surface area (Å²) in [4.78, 5) is 40.4. The number of carbonyl (C=O) groups excluding carboxylic acids is 3. The number of aliphatic hydroxyl groups excluding tert-OH is 1. The zero-order valence-corrected chi connectivity index (χ0v) is 20.7. The summed E-state index contributed by atoms with van der Waals surface area (Å²) in [7, 11) is 1.28. The molecule has 1 amide bonds. The van der Waals surface area contributed by atoms with Gasteiger partial charge in [0, 0.05) is 11.3 Å². The molecular formula is C30H27NO6. The number of nitrogens with zero attached hydrogens (tertiary/aromatic N) is 1. The van der Waals surface area contributed by atoms with E-state index in [0.717, 1.165) is 36.1 Å². The first-order valence-electron chi connectivity index (χ1n) is 12.3. The molecule has 7 nitrogen and oxygen atoms in total. The van der Waals surface area contributed by atoms with Gasteiger partial charge in [0.05, 0.1) is 30.9 Å². The van der Waals surface area contributed by atoms with Crippen molar-refractivity contribution in [2.24, 2.45) is 0 Å². The predicted octanol–water partition coefficient (Wildman–Crippen LogP) is 4.99. The molecule has 0 bridgehead atoms. The predicted molar refractivity (Wildman–Crippen MR) is 139 cm³/mol. The van der Waals surface area contributed by atoms with Gasteiger partial charge in [0.25, 0.3) is 11.7 Å². The van der Waals surface area contributed by atoms with Crippen LogP contribution in [0.25, 0.3) is 5.76 Å². The maximum absolute atomic E-state index is 13.4. The molecule has 3 aromatic carbocycles. The molecule has 0 saturated carbocycles. The van der Waals surface area contributed by atoms with Gasteiger partial charge in [-0.15, -0.1) is 0 Å². The number of methoxy groups -OCH3 is 1. The van der Waals surface area contributed by atoms with Crippen molar-refractivity contribution in [3.8, 4) is 5.75 Å². The molecule has 3 aromatic rings. The summed E-state index contributed by atoms with van der Waals surface area (Å²) in [5, 5.41) is 11.5. The number of aryl methyl sites for hydroxylation is 2. The number of Topliss-reactive ketones (excluding diaryl/α,β-unsaturated/α-hetero) is 1. The number of ketones is 1. The van der Waals surface area contributed by atoms with Crippen LogP contribution in [-0.4, -0.2) is 36.5 Å². The lowest BCUT2D eigenvalue weighted by Gasteiger charge is -2.26. The lowest BCUT2D eigenvalue weighted by atomic mass is 9.93. The number of hydrogen-bond donors (Lipinski definition) is 1.